The lowest BCUT2D eigenvalue weighted by Gasteiger charge is -2.19. The van der Waals surface area contributed by atoms with Crippen molar-refractivity contribution in [1.82, 2.24) is 0 Å². The average Bonchev–Trinajstić information content (AvgIpc) is 2.83. The second kappa shape index (κ2) is 11.7. The van der Waals surface area contributed by atoms with Gasteiger partial charge >= 0.3 is 12.4 Å². The molecule has 0 bridgehead atoms. The molecule has 0 amide bonds. The molecule has 0 atom stereocenters. The van der Waals surface area contributed by atoms with Crippen molar-refractivity contribution >= 4 is 0 Å². The first-order valence-electron chi connectivity index (χ1n) is 11.5. The van der Waals surface area contributed by atoms with Crippen LogP contribution in [0.5, 0.6) is 11.5 Å². The number of nitrogens with two attached hydrogens (primary N) is 1. The highest BCUT2D eigenvalue weighted by molar-refractivity contribution is 5.82. The predicted molar refractivity (Wildman–Crippen MR) is 127 cm³/mol. The molecule has 0 aliphatic carbocycles. The number of halogens is 6. The van der Waals surface area contributed by atoms with Crippen LogP contribution in [0.1, 0.15) is 37.3 Å². The van der Waals surface area contributed by atoms with Crippen LogP contribution in [0, 0.1) is 0 Å². The maximum absolute atomic E-state index is 13.4. The van der Waals surface area contributed by atoms with Gasteiger partial charge in [0.2, 0.25) is 0 Å². The molecule has 3 aromatic carbocycles. The Labute approximate surface area is 205 Å². The van der Waals surface area contributed by atoms with Gasteiger partial charge in [0.25, 0.3) is 0 Å². The molecule has 0 aliphatic rings. The summed E-state index contributed by atoms with van der Waals surface area (Å²) >= 11 is 0. The first kappa shape index (κ1) is 27.4. The number of hydrogen-bond donors (Lipinski definition) is 1. The van der Waals surface area contributed by atoms with E-state index in [1.807, 2.05) is 6.92 Å². The number of hydrogen-bond acceptors (Lipinski definition) is 3. The second-order valence-electron chi connectivity index (χ2n) is 8.19. The van der Waals surface area contributed by atoms with Crippen molar-refractivity contribution in [2.24, 2.45) is 5.73 Å². The van der Waals surface area contributed by atoms with E-state index in [-0.39, 0.29) is 29.2 Å². The number of ether oxygens (including phenoxy) is 2. The molecule has 3 rings (SSSR count). The molecule has 0 aliphatic heterocycles. The molecule has 0 saturated carbocycles. The lowest BCUT2D eigenvalue weighted by atomic mass is 9.95. The SMILES string of the molecule is CCCCOc1cc(OCCCN)c(-c2cccc(C(F)(F)F)c2)cc1-c1cccc(C(F)(F)F)c1. The van der Waals surface area contributed by atoms with E-state index in [2.05, 4.69) is 0 Å². The standard InChI is InChI=1S/C27H27F6NO2/c1-2-3-12-35-24-17-25(36-13-6-11-34)23(19-8-5-10-21(15-19)27(31,32)33)16-22(24)18-7-4-9-20(14-18)26(28,29)30/h4-5,7-10,14-17H,2-3,6,11-13,34H2,1H3. The van der Waals surface area contributed by atoms with Crippen LogP contribution in [-0.4, -0.2) is 19.8 Å². The van der Waals surface area contributed by atoms with Gasteiger partial charge in [0.1, 0.15) is 11.5 Å². The fourth-order valence-corrected chi connectivity index (χ4v) is 3.57. The van der Waals surface area contributed by atoms with Crippen LogP contribution in [0.25, 0.3) is 22.3 Å². The maximum atomic E-state index is 13.4. The van der Waals surface area contributed by atoms with E-state index in [9.17, 15) is 26.3 Å². The van der Waals surface area contributed by atoms with Gasteiger partial charge in [-0.25, -0.2) is 0 Å². The number of rotatable bonds is 10. The van der Waals surface area contributed by atoms with Crippen molar-refractivity contribution in [1.29, 1.82) is 0 Å². The van der Waals surface area contributed by atoms with Crippen LogP contribution in [0.2, 0.25) is 0 Å². The molecule has 0 spiro atoms. The Hall–Kier alpha value is -3.20. The molecule has 3 nitrogen and oxygen atoms in total. The van der Waals surface area contributed by atoms with Gasteiger partial charge in [-0.15, -0.1) is 0 Å². The van der Waals surface area contributed by atoms with E-state index in [0.717, 1.165) is 30.7 Å². The van der Waals surface area contributed by atoms with Gasteiger partial charge in [0, 0.05) is 17.2 Å². The van der Waals surface area contributed by atoms with E-state index in [1.54, 1.807) is 0 Å². The van der Waals surface area contributed by atoms with Gasteiger partial charge < -0.3 is 15.2 Å². The highest BCUT2D eigenvalue weighted by atomic mass is 19.4. The third-order valence-corrected chi connectivity index (χ3v) is 5.45. The Morgan fingerprint density at radius 1 is 0.667 bits per heavy atom. The van der Waals surface area contributed by atoms with E-state index in [1.165, 1.54) is 36.4 Å². The molecule has 0 aromatic heterocycles. The highest BCUT2D eigenvalue weighted by Crippen LogP contribution is 2.43. The zero-order chi connectivity index (χ0) is 26.3. The van der Waals surface area contributed by atoms with Crippen LogP contribution < -0.4 is 15.2 Å². The van der Waals surface area contributed by atoms with E-state index in [0.29, 0.717) is 37.1 Å². The predicted octanol–water partition coefficient (Wildman–Crippen LogP) is 7.96. The van der Waals surface area contributed by atoms with Gasteiger partial charge in [0.05, 0.1) is 24.3 Å². The Morgan fingerprint density at radius 3 is 1.56 bits per heavy atom. The normalized spacial score (nSPS) is 12.0. The lowest BCUT2D eigenvalue weighted by molar-refractivity contribution is -0.138. The van der Waals surface area contributed by atoms with Crippen LogP contribution in [0.15, 0.2) is 60.7 Å². The molecular formula is C27H27F6NO2. The van der Waals surface area contributed by atoms with Crippen molar-refractivity contribution in [3.8, 4) is 33.8 Å². The Bertz CT molecular complexity index is 1070. The van der Waals surface area contributed by atoms with Crippen LogP contribution in [0.3, 0.4) is 0 Å². The monoisotopic (exact) mass is 511 g/mol. The van der Waals surface area contributed by atoms with E-state index >= 15 is 0 Å². The summed E-state index contributed by atoms with van der Waals surface area (Å²) < 4.78 is 92.2. The third-order valence-electron chi connectivity index (χ3n) is 5.45. The first-order valence-corrected chi connectivity index (χ1v) is 11.5. The minimum atomic E-state index is -4.57. The van der Waals surface area contributed by atoms with Gasteiger partial charge in [-0.2, -0.15) is 26.3 Å². The summed E-state index contributed by atoms with van der Waals surface area (Å²) in [5.74, 6) is 0.534. The van der Waals surface area contributed by atoms with Gasteiger partial charge in [-0.05, 0) is 60.8 Å². The molecule has 0 radical (unpaired) electrons. The van der Waals surface area contributed by atoms with Crippen molar-refractivity contribution in [2.45, 2.75) is 38.5 Å². The smallest absolute Gasteiger partial charge is 0.416 e. The quantitative estimate of drug-likeness (QED) is 0.222. The Morgan fingerprint density at radius 2 is 1.14 bits per heavy atom. The molecule has 194 valence electrons. The largest absolute Gasteiger partial charge is 0.493 e. The molecule has 2 N–H and O–H groups in total. The topological polar surface area (TPSA) is 44.5 Å². The fourth-order valence-electron chi connectivity index (χ4n) is 3.57. The zero-order valence-corrected chi connectivity index (χ0v) is 19.7. The second-order valence-corrected chi connectivity index (χ2v) is 8.19. The minimum absolute atomic E-state index is 0.208. The average molecular weight is 512 g/mol. The first-order chi connectivity index (χ1) is 17.0. The van der Waals surface area contributed by atoms with E-state index < -0.39 is 23.5 Å². The van der Waals surface area contributed by atoms with Crippen molar-refractivity contribution < 1.29 is 35.8 Å². The molecule has 0 heterocycles. The molecule has 36 heavy (non-hydrogen) atoms. The van der Waals surface area contributed by atoms with Crippen LogP contribution >= 0.6 is 0 Å². The number of alkyl halides is 6. The minimum Gasteiger partial charge on any atom is -0.493 e. The number of benzene rings is 3. The molecular weight excluding hydrogens is 484 g/mol. The van der Waals surface area contributed by atoms with Crippen molar-refractivity contribution in [3.05, 3.63) is 71.8 Å². The van der Waals surface area contributed by atoms with Crippen molar-refractivity contribution in [3.63, 3.8) is 0 Å². The number of unbranched alkanes of at least 4 members (excludes halogenated alkanes) is 1. The summed E-state index contributed by atoms with van der Waals surface area (Å²) in [7, 11) is 0. The zero-order valence-electron chi connectivity index (χ0n) is 19.7. The molecule has 3 aromatic rings. The Kier molecular flexibility index (Phi) is 8.89. The summed E-state index contributed by atoms with van der Waals surface area (Å²) in [6, 6.07) is 12.5. The molecule has 0 unspecified atom stereocenters. The van der Waals surface area contributed by atoms with Crippen LogP contribution in [0.4, 0.5) is 26.3 Å². The summed E-state index contributed by atoms with van der Waals surface area (Å²) in [5, 5.41) is 0. The van der Waals surface area contributed by atoms with Gasteiger partial charge in [-0.3, -0.25) is 0 Å². The molecule has 0 saturated heterocycles. The van der Waals surface area contributed by atoms with Crippen LogP contribution in [-0.2, 0) is 12.4 Å². The maximum Gasteiger partial charge on any atom is 0.416 e. The molecule has 0 fully saturated rings. The fraction of sp³-hybridized carbons (Fsp3) is 0.333. The lowest BCUT2D eigenvalue weighted by Crippen LogP contribution is -2.08. The summed E-state index contributed by atoms with van der Waals surface area (Å²) in [6.45, 7) is 2.84. The van der Waals surface area contributed by atoms with Gasteiger partial charge in [0.15, 0.2) is 0 Å². The Balaban J connectivity index is 2.22. The third kappa shape index (κ3) is 6.94. The summed E-state index contributed by atoms with van der Waals surface area (Å²) in [4.78, 5) is 0. The van der Waals surface area contributed by atoms with Gasteiger partial charge in [-0.1, -0.05) is 37.6 Å². The summed E-state index contributed by atoms with van der Waals surface area (Å²) in [6.07, 6.45) is -7.08. The highest BCUT2D eigenvalue weighted by Gasteiger charge is 2.32. The van der Waals surface area contributed by atoms with Crippen molar-refractivity contribution in [2.75, 3.05) is 19.8 Å². The molecule has 9 heteroatoms. The summed E-state index contributed by atoms with van der Waals surface area (Å²) in [5.41, 5.74) is 4.90. The van der Waals surface area contributed by atoms with E-state index in [4.69, 9.17) is 15.2 Å².